The lowest BCUT2D eigenvalue weighted by molar-refractivity contribution is -0.144. The van der Waals surface area contributed by atoms with Gasteiger partial charge >= 0.3 is 5.97 Å². The number of rotatable bonds is 3. The molecule has 0 spiro atoms. The molecule has 0 aromatic heterocycles. The molecule has 0 saturated heterocycles. The smallest absolute Gasteiger partial charge is 0.308 e. The van der Waals surface area contributed by atoms with Crippen LogP contribution >= 0.6 is 0 Å². The van der Waals surface area contributed by atoms with E-state index in [0.717, 1.165) is 31.1 Å². The number of carbonyl (C=O) groups is 1. The summed E-state index contributed by atoms with van der Waals surface area (Å²) in [6.45, 7) is 0. The first-order chi connectivity index (χ1) is 9.75. The minimum absolute atomic E-state index is 0.146. The molecule has 0 aromatic rings. The molecule has 0 aliphatic heterocycles. The SMILES string of the molecule is O=C(O)C1CCCCC1NC1CCCC2CCCCC21. The topological polar surface area (TPSA) is 49.3 Å². The Morgan fingerprint density at radius 2 is 1.45 bits per heavy atom. The number of nitrogens with one attached hydrogen (secondary N) is 1. The van der Waals surface area contributed by atoms with Crippen molar-refractivity contribution in [3.63, 3.8) is 0 Å². The van der Waals surface area contributed by atoms with E-state index in [4.69, 9.17) is 0 Å². The Bertz CT molecular complexity index is 342. The third kappa shape index (κ3) is 3.03. The van der Waals surface area contributed by atoms with Gasteiger partial charge in [-0.3, -0.25) is 4.79 Å². The monoisotopic (exact) mass is 279 g/mol. The molecular formula is C17H29NO2. The first-order valence-corrected chi connectivity index (χ1v) is 8.74. The third-order valence-electron chi connectivity index (χ3n) is 6.09. The summed E-state index contributed by atoms with van der Waals surface area (Å²) >= 11 is 0. The number of carboxylic acid groups (broad SMARTS) is 1. The predicted molar refractivity (Wildman–Crippen MR) is 79.6 cm³/mol. The highest BCUT2D eigenvalue weighted by Gasteiger charge is 2.38. The van der Waals surface area contributed by atoms with Gasteiger partial charge in [-0.15, -0.1) is 0 Å². The minimum atomic E-state index is -0.585. The quantitative estimate of drug-likeness (QED) is 0.830. The van der Waals surface area contributed by atoms with Crippen LogP contribution in [0.15, 0.2) is 0 Å². The number of hydrogen-bond acceptors (Lipinski definition) is 2. The first-order valence-electron chi connectivity index (χ1n) is 8.74. The molecule has 3 heteroatoms. The van der Waals surface area contributed by atoms with Gasteiger partial charge in [0.25, 0.3) is 0 Å². The normalized spacial score (nSPS) is 41.9. The van der Waals surface area contributed by atoms with Crippen LogP contribution in [0.4, 0.5) is 0 Å². The second-order valence-corrected chi connectivity index (χ2v) is 7.25. The second kappa shape index (κ2) is 6.46. The lowest BCUT2D eigenvalue weighted by Crippen LogP contribution is -2.52. The van der Waals surface area contributed by atoms with E-state index in [1.807, 2.05) is 0 Å². The standard InChI is InChI=1S/C17H29NO2/c19-17(20)14-9-3-4-10-16(14)18-15-11-5-7-12-6-1-2-8-13(12)15/h12-16,18H,1-11H2,(H,19,20). The van der Waals surface area contributed by atoms with Crippen molar-refractivity contribution in [3.05, 3.63) is 0 Å². The van der Waals surface area contributed by atoms with Gasteiger partial charge in [0.2, 0.25) is 0 Å². The average molecular weight is 279 g/mol. The van der Waals surface area contributed by atoms with Crippen LogP contribution in [0.3, 0.4) is 0 Å². The van der Waals surface area contributed by atoms with Gasteiger partial charge in [0.1, 0.15) is 0 Å². The van der Waals surface area contributed by atoms with Crippen molar-refractivity contribution in [1.82, 2.24) is 5.32 Å². The average Bonchev–Trinajstić information content (AvgIpc) is 2.48. The van der Waals surface area contributed by atoms with E-state index >= 15 is 0 Å². The highest BCUT2D eigenvalue weighted by atomic mass is 16.4. The zero-order valence-electron chi connectivity index (χ0n) is 12.5. The van der Waals surface area contributed by atoms with Gasteiger partial charge in [-0.05, 0) is 37.5 Å². The van der Waals surface area contributed by atoms with E-state index < -0.39 is 5.97 Å². The van der Waals surface area contributed by atoms with E-state index in [-0.39, 0.29) is 12.0 Å². The molecule has 5 atom stereocenters. The molecule has 3 fully saturated rings. The van der Waals surface area contributed by atoms with Gasteiger partial charge in [0.15, 0.2) is 0 Å². The van der Waals surface area contributed by atoms with E-state index in [0.29, 0.717) is 6.04 Å². The molecule has 0 amide bonds. The largest absolute Gasteiger partial charge is 0.481 e. The van der Waals surface area contributed by atoms with Crippen molar-refractivity contribution >= 4 is 5.97 Å². The highest BCUT2D eigenvalue weighted by Crippen LogP contribution is 2.41. The lowest BCUT2D eigenvalue weighted by atomic mass is 9.68. The number of aliphatic carboxylic acids is 1. The molecule has 2 N–H and O–H groups in total. The summed E-state index contributed by atoms with van der Waals surface area (Å²) in [6.07, 6.45) is 13.8. The molecule has 0 radical (unpaired) electrons. The zero-order chi connectivity index (χ0) is 13.9. The van der Waals surface area contributed by atoms with E-state index in [1.54, 1.807) is 0 Å². The van der Waals surface area contributed by atoms with Crippen LogP contribution in [0.2, 0.25) is 0 Å². The molecule has 3 rings (SSSR count). The maximum absolute atomic E-state index is 11.4. The van der Waals surface area contributed by atoms with Gasteiger partial charge in [-0.25, -0.2) is 0 Å². The molecule has 0 bridgehead atoms. The van der Waals surface area contributed by atoms with E-state index in [2.05, 4.69) is 5.32 Å². The molecular weight excluding hydrogens is 250 g/mol. The molecule has 0 aromatic carbocycles. The van der Waals surface area contributed by atoms with Crippen LogP contribution in [-0.4, -0.2) is 23.2 Å². The molecule has 5 unspecified atom stereocenters. The molecule has 3 aliphatic carbocycles. The van der Waals surface area contributed by atoms with Crippen molar-refractivity contribution in [1.29, 1.82) is 0 Å². The summed E-state index contributed by atoms with van der Waals surface area (Å²) in [4.78, 5) is 11.4. The van der Waals surface area contributed by atoms with Crippen molar-refractivity contribution in [2.75, 3.05) is 0 Å². The zero-order valence-corrected chi connectivity index (χ0v) is 12.5. The maximum atomic E-state index is 11.4. The Morgan fingerprint density at radius 1 is 0.800 bits per heavy atom. The van der Waals surface area contributed by atoms with Crippen molar-refractivity contribution < 1.29 is 9.90 Å². The van der Waals surface area contributed by atoms with E-state index in [1.165, 1.54) is 51.4 Å². The van der Waals surface area contributed by atoms with Crippen LogP contribution in [0, 0.1) is 17.8 Å². The lowest BCUT2D eigenvalue weighted by Gasteiger charge is -2.44. The molecule has 114 valence electrons. The fourth-order valence-electron chi connectivity index (χ4n) is 5.05. The summed E-state index contributed by atoms with van der Waals surface area (Å²) in [5, 5.41) is 13.2. The molecule has 3 aliphatic rings. The Kier molecular flexibility index (Phi) is 4.65. The van der Waals surface area contributed by atoms with Crippen LogP contribution in [0.1, 0.15) is 70.6 Å². The Hall–Kier alpha value is -0.570. The van der Waals surface area contributed by atoms with Crippen molar-refractivity contribution in [2.24, 2.45) is 17.8 Å². The Balaban J connectivity index is 1.64. The van der Waals surface area contributed by atoms with Crippen LogP contribution in [-0.2, 0) is 4.79 Å². The van der Waals surface area contributed by atoms with Gasteiger partial charge < -0.3 is 10.4 Å². The number of carboxylic acids is 1. The van der Waals surface area contributed by atoms with Gasteiger partial charge in [0.05, 0.1) is 5.92 Å². The fourth-order valence-corrected chi connectivity index (χ4v) is 5.05. The summed E-state index contributed by atoms with van der Waals surface area (Å²) in [7, 11) is 0. The Labute approximate surface area is 122 Å². The maximum Gasteiger partial charge on any atom is 0.308 e. The predicted octanol–water partition coefficient (Wildman–Crippen LogP) is 3.58. The second-order valence-electron chi connectivity index (χ2n) is 7.25. The van der Waals surface area contributed by atoms with Crippen LogP contribution < -0.4 is 5.32 Å². The third-order valence-corrected chi connectivity index (χ3v) is 6.09. The van der Waals surface area contributed by atoms with Gasteiger partial charge in [-0.2, -0.15) is 0 Å². The van der Waals surface area contributed by atoms with E-state index in [9.17, 15) is 9.90 Å². The summed E-state index contributed by atoms with van der Waals surface area (Å²) in [6, 6.07) is 0.825. The molecule has 3 nitrogen and oxygen atoms in total. The summed E-state index contributed by atoms with van der Waals surface area (Å²) < 4.78 is 0. The molecule has 20 heavy (non-hydrogen) atoms. The van der Waals surface area contributed by atoms with Crippen molar-refractivity contribution in [3.8, 4) is 0 Å². The van der Waals surface area contributed by atoms with Gasteiger partial charge in [-0.1, -0.05) is 44.9 Å². The van der Waals surface area contributed by atoms with Crippen molar-refractivity contribution in [2.45, 2.75) is 82.7 Å². The molecule has 0 heterocycles. The number of fused-ring (bicyclic) bond motifs is 1. The minimum Gasteiger partial charge on any atom is -0.481 e. The Morgan fingerprint density at radius 3 is 2.30 bits per heavy atom. The summed E-state index contributed by atoms with van der Waals surface area (Å²) in [5.41, 5.74) is 0. The van der Waals surface area contributed by atoms with Crippen LogP contribution in [0.5, 0.6) is 0 Å². The van der Waals surface area contributed by atoms with Gasteiger partial charge in [0, 0.05) is 12.1 Å². The fraction of sp³-hybridized carbons (Fsp3) is 0.941. The first kappa shape index (κ1) is 14.4. The summed E-state index contributed by atoms with van der Waals surface area (Å²) in [5.74, 6) is 1.02. The van der Waals surface area contributed by atoms with Crippen LogP contribution in [0.25, 0.3) is 0 Å². The highest BCUT2D eigenvalue weighted by molar-refractivity contribution is 5.71. The molecule has 3 saturated carbocycles. The number of hydrogen-bond donors (Lipinski definition) is 2.